The molecular formula is C71H70N6O12. The minimum Gasteiger partial charge on any atom is -0.507 e. The molecule has 89 heavy (non-hydrogen) atoms. The highest BCUT2D eigenvalue weighted by atomic mass is 16.5. The van der Waals surface area contributed by atoms with Crippen LogP contribution in [-0.2, 0) is 22.5 Å². The van der Waals surface area contributed by atoms with Crippen LogP contribution in [0.5, 0.6) is 34.5 Å². The van der Waals surface area contributed by atoms with E-state index in [2.05, 4.69) is 74.0 Å². The van der Waals surface area contributed by atoms with Crippen molar-refractivity contribution in [2.45, 2.75) is 25.1 Å². The number of phenols is 2. The Morgan fingerprint density at radius 3 is 1.45 bits per heavy atom. The maximum atomic E-state index is 13.0. The number of piperazine rings is 2. The van der Waals surface area contributed by atoms with E-state index in [0.717, 1.165) is 80.0 Å². The van der Waals surface area contributed by atoms with Gasteiger partial charge in [-0.3, -0.25) is 19.8 Å². The van der Waals surface area contributed by atoms with E-state index in [4.69, 9.17) is 37.3 Å². The van der Waals surface area contributed by atoms with Crippen molar-refractivity contribution >= 4 is 66.2 Å². The van der Waals surface area contributed by atoms with Crippen LogP contribution in [0.15, 0.2) is 167 Å². The maximum absolute atomic E-state index is 13.0. The number of aromatic hydroxyl groups is 2. The van der Waals surface area contributed by atoms with Crippen LogP contribution in [0.2, 0.25) is 0 Å². The fourth-order valence-corrected chi connectivity index (χ4v) is 12.4. The maximum Gasteiger partial charge on any atom is 0.341 e. The number of rotatable bonds is 17. The Kier molecular flexibility index (Phi) is 17.6. The quantitative estimate of drug-likeness (QED) is 0.0816. The largest absolute Gasteiger partial charge is 0.507 e. The van der Waals surface area contributed by atoms with Crippen LogP contribution in [-0.4, -0.2) is 153 Å². The number of pyridine rings is 2. The summed E-state index contributed by atoms with van der Waals surface area (Å²) in [4.78, 5) is 43.7. The molecule has 18 heteroatoms. The van der Waals surface area contributed by atoms with E-state index in [9.17, 15) is 19.8 Å². The summed E-state index contributed by atoms with van der Waals surface area (Å²) >= 11 is 0. The molecule has 0 saturated carbocycles. The Bertz CT molecular complexity index is 4330. The molecule has 0 spiro atoms. The van der Waals surface area contributed by atoms with E-state index in [0.29, 0.717) is 97.2 Å². The first kappa shape index (κ1) is 59.6. The normalized spacial score (nSPS) is 15.0. The van der Waals surface area contributed by atoms with E-state index in [1.807, 2.05) is 91.0 Å². The summed E-state index contributed by atoms with van der Waals surface area (Å²) in [5.41, 5.74) is 6.71. The summed E-state index contributed by atoms with van der Waals surface area (Å²) in [6.45, 7) is 7.36. The van der Waals surface area contributed by atoms with Gasteiger partial charge in [-0.1, -0.05) is 36.4 Å². The Morgan fingerprint density at radius 1 is 0.506 bits per heavy atom. The predicted molar refractivity (Wildman–Crippen MR) is 341 cm³/mol. The second-order valence-corrected chi connectivity index (χ2v) is 22.5. The van der Waals surface area contributed by atoms with Crippen molar-refractivity contribution in [1.29, 1.82) is 0 Å². The minimum absolute atomic E-state index is 0.0628. The third-order valence-corrected chi connectivity index (χ3v) is 17.1. The second kappa shape index (κ2) is 26.3. The smallest absolute Gasteiger partial charge is 0.341 e. The molecule has 2 saturated heterocycles. The lowest BCUT2D eigenvalue weighted by Gasteiger charge is -2.39. The number of aromatic nitrogens is 2. The Hall–Kier alpha value is -9.72. The van der Waals surface area contributed by atoms with Gasteiger partial charge in [-0.25, -0.2) is 9.59 Å². The van der Waals surface area contributed by atoms with Gasteiger partial charge in [0.25, 0.3) is 0 Å². The minimum atomic E-state index is -0.533. The Morgan fingerprint density at radius 2 is 0.978 bits per heavy atom. The molecule has 13 rings (SSSR count). The molecule has 0 aliphatic carbocycles. The van der Waals surface area contributed by atoms with Crippen molar-refractivity contribution in [3.8, 4) is 34.5 Å². The van der Waals surface area contributed by atoms with Crippen LogP contribution >= 0.6 is 0 Å². The van der Waals surface area contributed by atoms with Gasteiger partial charge in [-0.15, -0.1) is 0 Å². The van der Waals surface area contributed by atoms with E-state index in [1.165, 1.54) is 32.1 Å². The van der Waals surface area contributed by atoms with E-state index >= 15 is 0 Å². The van der Waals surface area contributed by atoms with E-state index in [-0.39, 0.29) is 34.7 Å². The standard InChI is InChI=1S/C36H33N3O5.C35H37N3O7/c1-38-15-17-39(18-16-38)33(25-11-13-37-14-12-25)32-31-30(36(41)42-2)22-44-35(31)28-10-9-27(20-29(28)34(32)40)43-21-23-7-8-24-5-3-4-6-26(24)19-23;1-37-12-14-38(15-13-37)32(23-7-10-36-11-8-23)31-30-29(35(40)43-4)21-45-34(30)27-6-5-24(20-28(27)33(31)39)44-16-9-22-17-25(41-2)19-26(18-22)42-3/h3-14,19-20,22,33,40H,15-18,21H2,1-2H3;5-8,10-11,17-21,32,39H,9,12-16H2,1-4H3. The highest BCUT2D eigenvalue weighted by Crippen LogP contribution is 2.49. The predicted octanol–water partition coefficient (Wildman–Crippen LogP) is 12.0. The number of benzene rings is 7. The number of methoxy groups -OCH3 is 4. The number of carbonyl (C=O) groups is 2. The second-order valence-electron chi connectivity index (χ2n) is 22.5. The third-order valence-electron chi connectivity index (χ3n) is 17.1. The zero-order valence-electron chi connectivity index (χ0n) is 50.6. The van der Waals surface area contributed by atoms with Gasteiger partial charge >= 0.3 is 11.9 Å². The fourth-order valence-electron chi connectivity index (χ4n) is 12.4. The van der Waals surface area contributed by atoms with E-state index in [1.54, 1.807) is 39.0 Å². The van der Waals surface area contributed by atoms with Crippen molar-refractivity contribution in [2.75, 3.05) is 101 Å². The molecule has 4 aromatic heterocycles. The first-order chi connectivity index (χ1) is 43.4. The molecule has 7 aromatic carbocycles. The van der Waals surface area contributed by atoms with Gasteiger partial charge in [0.1, 0.15) is 75.9 Å². The molecule has 2 atom stereocenters. The Balaban J connectivity index is 0.000000173. The first-order valence-electron chi connectivity index (χ1n) is 29.6. The van der Waals surface area contributed by atoms with Crippen LogP contribution in [0.25, 0.3) is 54.3 Å². The molecule has 6 heterocycles. The summed E-state index contributed by atoms with van der Waals surface area (Å²) in [6, 6.07) is 38.4. The van der Waals surface area contributed by atoms with Crippen molar-refractivity contribution in [3.05, 3.63) is 203 Å². The summed E-state index contributed by atoms with van der Waals surface area (Å²) in [6.07, 6.45) is 10.5. The molecule has 2 N–H and O–H groups in total. The number of hydrogen-bond acceptors (Lipinski definition) is 18. The number of nitrogens with zero attached hydrogens (tertiary/aromatic N) is 6. The number of furan rings is 2. The van der Waals surface area contributed by atoms with Crippen LogP contribution in [0.3, 0.4) is 0 Å². The summed E-state index contributed by atoms with van der Waals surface area (Å²) < 4.78 is 45.7. The molecule has 2 fully saturated rings. The third kappa shape index (κ3) is 12.2. The van der Waals surface area contributed by atoms with Crippen LogP contribution in [0.1, 0.15) is 66.2 Å². The molecule has 18 nitrogen and oxygen atoms in total. The van der Waals surface area contributed by atoms with Gasteiger partial charge in [0.2, 0.25) is 0 Å². The summed E-state index contributed by atoms with van der Waals surface area (Å²) in [7, 11) is 10.1. The fraction of sp³-hybridized carbons (Fsp3) is 0.268. The van der Waals surface area contributed by atoms with Crippen molar-refractivity contribution in [3.63, 3.8) is 0 Å². The number of ether oxygens (including phenoxy) is 6. The highest BCUT2D eigenvalue weighted by Gasteiger charge is 2.36. The van der Waals surface area contributed by atoms with E-state index < -0.39 is 11.9 Å². The van der Waals surface area contributed by atoms with Crippen LogP contribution in [0.4, 0.5) is 0 Å². The molecule has 0 bridgehead atoms. The average molecular weight is 1200 g/mol. The van der Waals surface area contributed by atoms with Gasteiger partial charge in [0.15, 0.2) is 0 Å². The molecule has 0 amide bonds. The van der Waals surface area contributed by atoms with Gasteiger partial charge in [0.05, 0.1) is 47.1 Å². The first-order valence-corrected chi connectivity index (χ1v) is 29.6. The average Bonchev–Trinajstić information content (AvgIpc) is 1.78. The molecule has 2 aliphatic rings. The number of fused-ring (bicyclic) bond motifs is 7. The molecule has 2 unspecified atom stereocenters. The highest BCUT2D eigenvalue weighted by molar-refractivity contribution is 6.17. The molecule has 0 radical (unpaired) electrons. The molecule has 456 valence electrons. The number of esters is 2. The topological polar surface area (TPSA) is 195 Å². The SMILES string of the molecule is COC(=O)c1coc2c1c(C(c1ccncc1)N1CCN(C)CC1)c(O)c1cc(OCCc3cc(OC)cc(OC)c3)ccc12.COC(=O)c1coc2c1c(C(c1ccncc1)N1CCN(C)CC1)c(O)c1cc(OCc3ccc4ccccc4c3)ccc12. The lowest BCUT2D eigenvalue weighted by atomic mass is 9.89. The number of likely N-dealkylation sites (N-methyl/N-ethyl adjacent to an activating group) is 2. The Labute approximate surface area is 514 Å². The molecule has 11 aromatic rings. The monoisotopic (exact) mass is 1200 g/mol. The van der Waals surface area contributed by atoms with Crippen LogP contribution < -0.4 is 18.9 Å². The van der Waals surface area contributed by atoms with Crippen molar-refractivity contribution < 1.29 is 57.1 Å². The molecule has 2 aliphatic heterocycles. The van der Waals surface area contributed by atoms with Gasteiger partial charge in [-0.2, -0.15) is 0 Å². The van der Waals surface area contributed by atoms with Gasteiger partial charge in [0, 0.05) is 133 Å². The van der Waals surface area contributed by atoms with Gasteiger partial charge < -0.3 is 57.3 Å². The lowest BCUT2D eigenvalue weighted by molar-refractivity contribution is 0.0592. The van der Waals surface area contributed by atoms with Crippen LogP contribution in [0, 0.1) is 0 Å². The number of hydrogen-bond donors (Lipinski definition) is 2. The van der Waals surface area contributed by atoms with Crippen molar-refractivity contribution in [2.24, 2.45) is 0 Å². The zero-order chi connectivity index (χ0) is 61.7. The zero-order valence-corrected chi connectivity index (χ0v) is 50.6. The summed E-state index contributed by atoms with van der Waals surface area (Å²) in [5.74, 6) is 1.73. The van der Waals surface area contributed by atoms with Crippen molar-refractivity contribution in [1.82, 2.24) is 29.6 Å². The molecular weight excluding hydrogens is 1130 g/mol. The number of phenolic OH excluding ortho intramolecular Hbond substituents is 2. The van der Waals surface area contributed by atoms with Gasteiger partial charge in [-0.05, 0) is 126 Å². The lowest BCUT2D eigenvalue weighted by Crippen LogP contribution is -2.46. The summed E-state index contributed by atoms with van der Waals surface area (Å²) in [5, 5.41) is 30.3. The number of carbonyl (C=O) groups excluding carboxylic acids is 2.